The molecule has 4 rings (SSSR count). The van der Waals surface area contributed by atoms with E-state index >= 15 is 0 Å². The van der Waals surface area contributed by atoms with Crippen molar-refractivity contribution in [2.75, 3.05) is 35.8 Å². The highest BCUT2D eigenvalue weighted by atomic mass is 35.5. The number of carbonyl (C=O) groups excluding carboxylic acids is 2. The van der Waals surface area contributed by atoms with Crippen molar-refractivity contribution in [2.24, 2.45) is 4.99 Å². The number of fused-ring (bicyclic) bond motifs is 1. The smallest absolute Gasteiger partial charge is 0.252 e. The number of hydrogen-bond donors (Lipinski definition) is 1. The third-order valence-corrected chi connectivity index (χ3v) is 5.78. The standard InChI is InChI=1S/C26H24ClFN4O2/c1-16-26(34)32(15-24(33)30-18-9-11-19(12-10-18)31(2)3)23-13-8-17(27)14-21(23)25(29-16)20-6-4-5-7-22(20)28/h4-14,16H,15H2,1-3H3,(H,30,33)/t16-/m0/s1. The summed E-state index contributed by atoms with van der Waals surface area (Å²) in [7, 11) is 3.86. The maximum Gasteiger partial charge on any atom is 0.252 e. The minimum Gasteiger partial charge on any atom is -0.378 e. The molecule has 1 heterocycles. The Kier molecular flexibility index (Phi) is 6.65. The second-order valence-corrected chi connectivity index (χ2v) is 8.65. The number of nitrogens with one attached hydrogen (secondary N) is 1. The van der Waals surface area contributed by atoms with Gasteiger partial charge in [0.05, 0.1) is 11.4 Å². The highest BCUT2D eigenvalue weighted by Crippen LogP contribution is 2.31. The fraction of sp³-hybridized carbons (Fsp3) is 0.192. The molecule has 0 unspecified atom stereocenters. The van der Waals surface area contributed by atoms with E-state index < -0.39 is 11.9 Å². The van der Waals surface area contributed by atoms with Crippen LogP contribution >= 0.6 is 11.6 Å². The molecule has 0 saturated carbocycles. The lowest BCUT2D eigenvalue weighted by Gasteiger charge is -2.24. The molecule has 0 fully saturated rings. The van der Waals surface area contributed by atoms with Gasteiger partial charge in [0.25, 0.3) is 5.91 Å². The summed E-state index contributed by atoms with van der Waals surface area (Å²) in [5.41, 5.74) is 3.12. The highest BCUT2D eigenvalue weighted by molar-refractivity contribution is 6.32. The Morgan fingerprint density at radius 3 is 2.47 bits per heavy atom. The van der Waals surface area contributed by atoms with E-state index in [0.29, 0.717) is 27.7 Å². The van der Waals surface area contributed by atoms with E-state index in [1.807, 2.05) is 31.1 Å². The van der Waals surface area contributed by atoms with Crippen LogP contribution in [0.15, 0.2) is 71.7 Å². The second kappa shape index (κ2) is 9.65. The second-order valence-electron chi connectivity index (χ2n) is 8.21. The number of aliphatic imine (C=N–C) groups is 1. The van der Waals surface area contributed by atoms with Crippen LogP contribution < -0.4 is 15.1 Å². The molecule has 2 amide bonds. The number of benzodiazepines with no additional fused rings is 1. The van der Waals surface area contributed by atoms with Gasteiger partial charge in [0.15, 0.2) is 0 Å². The summed E-state index contributed by atoms with van der Waals surface area (Å²) in [6.45, 7) is 1.40. The lowest BCUT2D eigenvalue weighted by Crippen LogP contribution is -2.42. The predicted octanol–water partition coefficient (Wildman–Crippen LogP) is 4.76. The Hall–Kier alpha value is -3.71. The third kappa shape index (κ3) is 4.79. The quantitative estimate of drug-likeness (QED) is 0.575. The summed E-state index contributed by atoms with van der Waals surface area (Å²) >= 11 is 6.26. The first kappa shape index (κ1) is 23.4. The molecule has 3 aromatic rings. The lowest BCUT2D eigenvalue weighted by atomic mass is 9.99. The van der Waals surface area contributed by atoms with Crippen molar-refractivity contribution in [1.82, 2.24) is 0 Å². The largest absolute Gasteiger partial charge is 0.378 e. The van der Waals surface area contributed by atoms with Crippen LogP contribution in [0.4, 0.5) is 21.5 Å². The number of nitrogens with zero attached hydrogens (tertiary/aromatic N) is 3. The summed E-state index contributed by atoms with van der Waals surface area (Å²) < 4.78 is 14.7. The summed E-state index contributed by atoms with van der Waals surface area (Å²) in [4.78, 5) is 34.0. The van der Waals surface area contributed by atoms with Crippen LogP contribution in [-0.4, -0.2) is 44.2 Å². The number of anilines is 3. The van der Waals surface area contributed by atoms with Crippen molar-refractivity contribution in [3.63, 3.8) is 0 Å². The fourth-order valence-corrected chi connectivity index (χ4v) is 3.99. The van der Waals surface area contributed by atoms with Gasteiger partial charge in [-0.2, -0.15) is 0 Å². The van der Waals surface area contributed by atoms with Crippen molar-refractivity contribution in [1.29, 1.82) is 0 Å². The van der Waals surface area contributed by atoms with E-state index in [2.05, 4.69) is 10.3 Å². The molecule has 8 heteroatoms. The summed E-state index contributed by atoms with van der Waals surface area (Å²) in [6.07, 6.45) is 0. The molecule has 0 saturated heterocycles. The molecule has 6 nitrogen and oxygen atoms in total. The first-order valence-electron chi connectivity index (χ1n) is 10.8. The van der Waals surface area contributed by atoms with Gasteiger partial charge in [-0.1, -0.05) is 23.7 Å². The molecule has 1 aliphatic heterocycles. The van der Waals surface area contributed by atoms with E-state index in [9.17, 15) is 14.0 Å². The van der Waals surface area contributed by atoms with Crippen molar-refractivity contribution >= 4 is 46.2 Å². The molecule has 1 aliphatic rings. The molecular weight excluding hydrogens is 455 g/mol. The predicted molar refractivity (Wildman–Crippen MR) is 135 cm³/mol. The number of hydrogen-bond acceptors (Lipinski definition) is 4. The van der Waals surface area contributed by atoms with Crippen molar-refractivity contribution < 1.29 is 14.0 Å². The molecule has 1 N–H and O–H groups in total. The average molecular weight is 479 g/mol. The zero-order valence-electron chi connectivity index (χ0n) is 19.0. The normalized spacial score (nSPS) is 15.3. The topological polar surface area (TPSA) is 65.0 Å². The van der Waals surface area contributed by atoms with Crippen LogP contribution in [0.5, 0.6) is 0 Å². The number of halogens is 2. The van der Waals surface area contributed by atoms with Gasteiger partial charge in [-0.3, -0.25) is 14.6 Å². The van der Waals surface area contributed by atoms with Gasteiger partial charge in [-0.05, 0) is 61.5 Å². The van der Waals surface area contributed by atoms with Crippen molar-refractivity contribution in [3.8, 4) is 0 Å². The Morgan fingerprint density at radius 2 is 1.79 bits per heavy atom. The first-order valence-corrected chi connectivity index (χ1v) is 11.1. The number of amides is 2. The van der Waals surface area contributed by atoms with Crippen LogP contribution in [0, 0.1) is 5.82 Å². The van der Waals surface area contributed by atoms with Gasteiger partial charge in [-0.25, -0.2) is 4.39 Å². The summed E-state index contributed by atoms with van der Waals surface area (Å²) in [6, 6.07) is 17.7. The number of benzene rings is 3. The highest BCUT2D eigenvalue weighted by Gasteiger charge is 2.31. The van der Waals surface area contributed by atoms with E-state index in [-0.39, 0.29) is 23.9 Å². The lowest BCUT2D eigenvalue weighted by molar-refractivity contribution is -0.122. The van der Waals surface area contributed by atoms with Gasteiger partial charge in [-0.15, -0.1) is 0 Å². The van der Waals surface area contributed by atoms with Gasteiger partial charge < -0.3 is 15.1 Å². The molecule has 1 atom stereocenters. The summed E-state index contributed by atoms with van der Waals surface area (Å²) in [5.74, 6) is -1.19. The van der Waals surface area contributed by atoms with Crippen LogP contribution in [0.3, 0.4) is 0 Å². The molecule has 0 bridgehead atoms. The maximum atomic E-state index is 14.7. The van der Waals surface area contributed by atoms with Gasteiger partial charge in [0.1, 0.15) is 18.4 Å². The SMILES string of the molecule is C[C@@H]1N=C(c2ccccc2F)c2cc(Cl)ccc2N(CC(=O)Nc2ccc(N(C)C)cc2)C1=O. The van der Waals surface area contributed by atoms with Gasteiger partial charge in [0.2, 0.25) is 5.91 Å². The molecule has 3 aromatic carbocycles. The molecule has 0 aromatic heterocycles. The molecular formula is C26H24ClFN4O2. The van der Waals surface area contributed by atoms with Crippen molar-refractivity contribution in [3.05, 3.63) is 88.7 Å². The average Bonchev–Trinajstić information content (AvgIpc) is 2.90. The van der Waals surface area contributed by atoms with E-state index in [1.54, 1.807) is 55.5 Å². The summed E-state index contributed by atoms with van der Waals surface area (Å²) in [5, 5.41) is 3.24. The van der Waals surface area contributed by atoms with E-state index in [0.717, 1.165) is 5.69 Å². The zero-order chi connectivity index (χ0) is 24.4. The van der Waals surface area contributed by atoms with Gasteiger partial charge in [0, 0.05) is 41.6 Å². The number of rotatable bonds is 5. The molecule has 0 aliphatic carbocycles. The Bertz CT molecular complexity index is 1270. The van der Waals surface area contributed by atoms with Crippen LogP contribution in [-0.2, 0) is 9.59 Å². The Morgan fingerprint density at radius 1 is 1.09 bits per heavy atom. The van der Waals surface area contributed by atoms with Crippen molar-refractivity contribution in [2.45, 2.75) is 13.0 Å². The Labute approximate surface area is 202 Å². The maximum absolute atomic E-state index is 14.7. The molecule has 0 spiro atoms. The first-order chi connectivity index (χ1) is 16.2. The van der Waals surface area contributed by atoms with E-state index in [1.165, 1.54) is 11.0 Å². The number of carbonyl (C=O) groups is 2. The minimum absolute atomic E-state index is 0.229. The molecule has 0 radical (unpaired) electrons. The van der Waals surface area contributed by atoms with Gasteiger partial charge >= 0.3 is 0 Å². The van der Waals surface area contributed by atoms with Crippen LogP contribution in [0.1, 0.15) is 18.1 Å². The van der Waals surface area contributed by atoms with Crippen LogP contribution in [0.2, 0.25) is 5.02 Å². The monoisotopic (exact) mass is 478 g/mol. The zero-order valence-corrected chi connectivity index (χ0v) is 19.8. The van der Waals surface area contributed by atoms with E-state index in [4.69, 9.17) is 11.6 Å². The Balaban J connectivity index is 1.68. The molecule has 34 heavy (non-hydrogen) atoms. The minimum atomic E-state index is -0.826. The van der Waals surface area contributed by atoms with Crippen LogP contribution in [0.25, 0.3) is 0 Å². The fourth-order valence-electron chi connectivity index (χ4n) is 3.81. The molecule has 174 valence electrons. The third-order valence-electron chi connectivity index (χ3n) is 5.55.